The maximum Gasteiger partial charge on any atom is 0.243 e. The average molecular weight is 575 g/mol. The van der Waals surface area contributed by atoms with E-state index in [2.05, 4.69) is 44.4 Å². The fraction of sp³-hybridized carbons (Fsp3) is 0.346. The van der Waals surface area contributed by atoms with E-state index in [9.17, 15) is 13.2 Å². The quantitative estimate of drug-likeness (QED) is 0.454. The van der Waals surface area contributed by atoms with E-state index >= 15 is 0 Å². The largest absolute Gasteiger partial charge is 0.339 e. The van der Waals surface area contributed by atoms with Gasteiger partial charge in [0.2, 0.25) is 15.9 Å². The van der Waals surface area contributed by atoms with Crippen LogP contribution < -0.4 is 0 Å². The molecule has 2 atom stereocenters. The van der Waals surface area contributed by atoms with E-state index in [1.54, 1.807) is 35.6 Å². The number of carbonyl (C=O) groups is 1. The van der Waals surface area contributed by atoms with Gasteiger partial charge in [0.25, 0.3) is 0 Å². The first kappa shape index (κ1) is 24.6. The fourth-order valence-corrected chi connectivity index (χ4v) is 7.66. The molecule has 2 aromatic carbocycles. The lowest BCUT2D eigenvalue weighted by atomic mass is 9.92. The van der Waals surface area contributed by atoms with E-state index in [0.29, 0.717) is 26.2 Å². The van der Waals surface area contributed by atoms with Crippen LogP contribution >= 0.6 is 27.3 Å². The standard InChI is InChI=1S/C26H28BrN3O3S2/c1-19(30-13-11-24-23(12-18-34-24)25(30)20-5-3-2-4-6-20)26(31)28-14-16-29(17-15-28)35(32,33)22-9-7-21(27)8-10-22/h2-10,12,18-19,25H,11,13-17H2,1H3. The number of hydrogen-bond acceptors (Lipinski definition) is 5. The van der Waals surface area contributed by atoms with Gasteiger partial charge >= 0.3 is 0 Å². The molecule has 1 fully saturated rings. The SMILES string of the molecule is CC(C(=O)N1CCN(S(=O)(=O)c2ccc(Br)cc2)CC1)N1CCc2sccc2C1c1ccccc1. The topological polar surface area (TPSA) is 60.9 Å². The first-order valence-corrected chi connectivity index (χ1v) is 14.9. The number of halogens is 1. The molecule has 184 valence electrons. The highest BCUT2D eigenvalue weighted by Gasteiger charge is 2.38. The number of sulfonamides is 1. The summed E-state index contributed by atoms with van der Waals surface area (Å²) in [5, 5.41) is 2.14. The third-order valence-corrected chi connectivity index (χ3v) is 10.4. The average Bonchev–Trinajstić information content (AvgIpc) is 3.37. The van der Waals surface area contributed by atoms with Crippen molar-refractivity contribution in [2.75, 3.05) is 32.7 Å². The zero-order valence-corrected chi connectivity index (χ0v) is 22.7. The molecule has 0 aliphatic carbocycles. The van der Waals surface area contributed by atoms with Gasteiger partial charge in [-0.2, -0.15) is 4.31 Å². The first-order chi connectivity index (χ1) is 16.9. The molecule has 35 heavy (non-hydrogen) atoms. The van der Waals surface area contributed by atoms with Gasteiger partial charge in [-0.3, -0.25) is 9.69 Å². The fourth-order valence-electron chi connectivity index (χ4n) is 5.07. The van der Waals surface area contributed by atoms with Crippen LogP contribution in [-0.4, -0.2) is 67.2 Å². The second-order valence-corrected chi connectivity index (χ2v) is 12.8. The summed E-state index contributed by atoms with van der Waals surface area (Å²) in [5.74, 6) is 0.0605. The molecule has 9 heteroatoms. The summed E-state index contributed by atoms with van der Waals surface area (Å²) in [6, 6.07) is 19.0. The lowest BCUT2D eigenvalue weighted by molar-refractivity contribution is -0.138. The third kappa shape index (κ3) is 4.84. The Labute approximate surface area is 219 Å². The highest BCUT2D eigenvalue weighted by Crippen LogP contribution is 2.39. The molecule has 3 aromatic rings. The molecule has 1 aromatic heterocycles. The monoisotopic (exact) mass is 573 g/mol. The molecule has 2 aliphatic heterocycles. The van der Waals surface area contributed by atoms with Crippen molar-refractivity contribution in [3.05, 3.63) is 86.5 Å². The van der Waals surface area contributed by atoms with Gasteiger partial charge in [0.15, 0.2) is 0 Å². The summed E-state index contributed by atoms with van der Waals surface area (Å²) in [7, 11) is -3.58. The van der Waals surface area contributed by atoms with Crippen LogP contribution in [0.1, 0.15) is 29.0 Å². The van der Waals surface area contributed by atoms with Gasteiger partial charge in [-0.1, -0.05) is 46.3 Å². The number of amides is 1. The van der Waals surface area contributed by atoms with E-state index in [1.807, 2.05) is 30.0 Å². The smallest absolute Gasteiger partial charge is 0.243 e. The molecule has 2 aliphatic rings. The lowest BCUT2D eigenvalue weighted by Gasteiger charge is -2.42. The van der Waals surface area contributed by atoms with Gasteiger partial charge in [-0.25, -0.2) is 8.42 Å². The summed E-state index contributed by atoms with van der Waals surface area (Å²) in [5.41, 5.74) is 2.48. The minimum Gasteiger partial charge on any atom is -0.339 e. The van der Waals surface area contributed by atoms with Crippen molar-refractivity contribution in [2.45, 2.75) is 30.3 Å². The van der Waals surface area contributed by atoms with Crippen LogP contribution in [0.25, 0.3) is 0 Å². The lowest BCUT2D eigenvalue weighted by Crippen LogP contribution is -2.56. The van der Waals surface area contributed by atoms with Crippen molar-refractivity contribution in [3.8, 4) is 0 Å². The van der Waals surface area contributed by atoms with Gasteiger partial charge in [0.1, 0.15) is 0 Å². The van der Waals surface area contributed by atoms with E-state index < -0.39 is 10.0 Å². The van der Waals surface area contributed by atoms with Crippen molar-refractivity contribution in [1.29, 1.82) is 0 Å². The minimum atomic E-state index is -3.58. The second-order valence-electron chi connectivity index (χ2n) is 8.96. The Kier molecular flexibility index (Phi) is 7.14. The molecule has 0 saturated carbocycles. The number of benzene rings is 2. The predicted molar refractivity (Wildman–Crippen MR) is 142 cm³/mol. The molecule has 1 saturated heterocycles. The van der Waals surface area contributed by atoms with E-state index in [-0.39, 0.29) is 22.9 Å². The maximum absolute atomic E-state index is 13.6. The van der Waals surface area contributed by atoms with Crippen LogP contribution in [-0.2, 0) is 21.2 Å². The minimum absolute atomic E-state index is 0.0456. The molecule has 6 nitrogen and oxygen atoms in total. The van der Waals surface area contributed by atoms with Crippen LogP contribution in [0.5, 0.6) is 0 Å². The van der Waals surface area contributed by atoms with Crippen molar-refractivity contribution < 1.29 is 13.2 Å². The molecule has 5 rings (SSSR count). The van der Waals surface area contributed by atoms with Gasteiger partial charge in [0, 0.05) is 42.1 Å². The van der Waals surface area contributed by atoms with Crippen LogP contribution in [0, 0.1) is 0 Å². The zero-order valence-electron chi connectivity index (χ0n) is 19.5. The highest BCUT2D eigenvalue weighted by molar-refractivity contribution is 9.10. The van der Waals surface area contributed by atoms with Gasteiger partial charge in [-0.05, 0) is 60.2 Å². The Morgan fingerprint density at radius 2 is 1.66 bits per heavy atom. The molecule has 0 N–H and O–H groups in total. The summed E-state index contributed by atoms with van der Waals surface area (Å²) in [4.78, 5) is 19.4. The Balaban J connectivity index is 1.30. The number of hydrogen-bond donors (Lipinski definition) is 0. The Hall–Kier alpha value is -2.04. The van der Waals surface area contributed by atoms with Crippen LogP contribution in [0.4, 0.5) is 0 Å². The number of nitrogens with zero attached hydrogens (tertiary/aromatic N) is 3. The normalized spacial score (nSPS) is 20.4. The van der Waals surface area contributed by atoms with E-state index in [4.69, 9.17) is 0 Å². The molecule has 0 bridgehead atoms. The second kappa shape index (κ2) is 10.1. The van der Waals surface area contributed by atoms with Crippen molar-refractivity contribution >= 4 is 43.2 Å². The third-order valence-electron chi connectivity index (χ3n) is 6.98. The molecule has 3 heterocycles. The van der Waals surface area contributed by atoms with Gasteiger partial charge < -0.3 is 4.90 Å². The van der Waals surface area contributed by atoms with Crippen LogP contribution in [0.3, 0.4) is 0 Å². The van der Waals surface area contributed by atoms with Crippen molar-refractivity contribution in [1.82, 2.24) is 14.1 Å². The molecule has 0 radical (unpaired) electrons. The number of fused-ring (bicyclic) bond motifs is 1. The van der Waals surface area contributed by atoms with Crippen molar-refractivity contribution in [2.24, 2.45) is 0 Å². The number of rotatable bonds is 5. The van der Waals surface area contributed by atoms with Gasteiger partial charge in [-0.15, -0.1) is 11.3 Å². The molecule has 0 spiro atoms. The molecule has 2 unspecified atom stereocenters. The molecule has 1 amide bonds. The number of piperazine rings is 1. The Morgan fingerprint density at radius 1 is 0.971 bits per heavy atom. The van der Waals surface area contributed by atoms with Crippen LogP contribution in [0.2, 0.25) is 0 Å². The summed E-state index contributed by atoms with van der Waals surface area (Å²) in [6.45, 7) is 4.19. The Bertz CT molecular complexity index is 1290. The molecular formula is C26H28BrN3O3S2. The first-order valence-electron chi connectivity index (χ1n) is 11.8. The maximum atomic E-state index is 13.6. The number of carbonyl (C=O) groups excluding carboxylic acids is 1. The predicted octanol–water partition coefficient (Wildman–Crippen LogP) is 4.38. The Morgan fingerprint density at radius 3 is 2.34 bits per heavy atom. The number of thiophene rings is 1. The summed E-state index contributed by atoms with van der Waals surface area (Å²) in [6.07, 6.45) is 0.938. The van der Waals surface area contributed by atoms with Crippen LogP contribution in [0.15, 0.2) is 75.4 Å². The van der Waals surface area contributed by atoms with Crippen molar-refractivity contribution in [3.63, 3.8) is 0 Å². The molecular weight excluding hydrogens is 546 g/mol. The van der Waals surface area contributed by atoms with Gasteiger partial charge in [0.05, 0.1) is 17.0 Å². The van der Waals surface area contributed by atoms with E-state index in [0.717, 1.165) is 17.4 Å². The van der Waals surface area contributed by atoms with E-state index in [1.165, 1.54) is 20.3 Å². The summed E-state index contributed by atoms with van der Waals surface area (Å²) < 4.78 is 28.4. The zero-order chi connectivity index (χ0) is 24.6. The highest BCUT2D eigenvalue weighted by atomic mass is 79.9. The summed E-state index contributed by atoms with van der Waals surface area (Å²) >= 11 is 5.14.